The van der Waals surface area contributed by atoms with Gasteiger partial charge in [0.1, 0.15) is 0 Å². The SMILES string of the molecule is Cc1ccc([C@H](C)O)c2ccccc12. The van der Waals surface area contributed by atoms with Crippen molar-refractivity contribution in [1.82, 2.24) is 0 Å². The predicted octanol–water partition coefficient (Wildman–Crippen LogP) is 3.20. The number of hydrogen-bond acceptors (Lipinski definition) is 1. The van der Waals surface area contributed by atoms with E-state index in [0.29, 0.717) is 0 Å². The van der Waals surface area contributed by atoms with Gasteiger partial charge in [-0.25, -0.2) is 0 Å². The molecule has 0 aliphatic carbocycles. The summed E-state index contributed by atoms with van der Waals surface area (Å²) in [5, 5.41) is 12.0. The summed E-state index contributed by atoms with van der Waals surface area (Å²) in [5.74, 6) is 0. The second kappa shape index (κ2) is 3.43. The number of aliphatic hydroxyl groups excluding tert-OH is 1. The van der Waals surface area contributed by atoms with Gasteiger partial charge in [-0.2, -0.15) is 0 Å². The highest BCUT2D eigenvalue weighted by atomic mass is 16.3. The summed E-state index contributed by atoms with van der Waals surface area (Å²) in [6, 6.07) is 12.3. The van der Waals surface area contributed by atoms with Crippen LogP contribution in [0.5, 0.6) is 0 Å². The third-order valence-electron chi connectivity index (χ3n) is 2.63. The Kier molecular flexibility index (Phi) is 2.26. The summed E-state index contributed by atoms with van der Waals surface area (Å²) in [6.07, 6.45) is -0.402. The summed E-state index contributed by atoms with van der Waals surface area (Å²) in [7, 11) is 0. The van der Waals surface area contributed by atoms with Crippen LogP contribution in [-0.4, -0.2) is 5.11 Å². The Balaban J connectivity index is 2.82. The van der Waals surface area contributed by atoms with Gasteiger partial charge < -0.3 is 5.11 Å². The summed E-state index contributed by atoms with van der Waals surface area (Å²) < 4.78 is 0. The van der Waals surface area contributed by atoms with Crippen molar-refractivity contribution in [2.45, 2.75) is 20.0 Å². The van der Waals surface area contributed by atoms with E-state index in [1.807, 2.05) is 18.2 Å². The minimum atomic E-state index is -0.402. The fourth-order valence-corrected chi connectivity index (χ4v) is 1.84. The van der Waals surface area contributed by atoms with Gasteiger partial charge >= 0.3 is 0 Å². The number of aryl methyl sites for hydroxylation is 1. The first kappa shape index (κ1) is 9.22. The molecule has 0 aliphatic heterocycles. The van der Waals surface area contributed by atoms with Gasteiger partial charge in [0.25, 0.3) is 0 Å². The van der Waals surface area contributed by atoms with Crippen LogP contribution in [0.1, 0.15) is 24.2 Å². The van der Waals surface area contributed by atoms with Crippen molar-refractivity contribution >= 4 is 10.8 Å². The van der Waals surface area contributed by atoms with E-state index in [-0.39, 0.29) is 0 Å². The van der Waals surface area contributed by atoms with E-state index in [4.69, 9.17) is 0 Å². The topological polar surface area (TPSA) is 20.2 Å². The molecule has 0 amide bonds. The average molecular weight is 186 g/mol. The molecule has 1 N–H and O–H groups in total. The van der Waals surface area contributed by atoms with E-state index < -0.39 is 6.10 Å². The molecule has 0 radical (unpaired) electrons. The Morgan fingerprint density at radius 3 is 2.29 bits per heavy atom. The molecule has 14 heavy (non-hydrogen) atoms. The molecule has 1 atom stereocenters. The first-order valence-electron chi connectivity index (χ1n) is 4.86. The Labute approximate surface area is 84.0 Å². The summed E-state index contributed by atoms with van der Waals surface area (Å²) >= 11 is 0. The molecular weight excluding hydrogens is 172 g/mol. The second-order valence-electron chi connectivity index (χ2n) is 3.69. The Morgan fingerprint density at radius 1 is 1.00 bits per heavy atom. The lowest BCUT2D eigenvalue weighted by molar-refractivity contribution is 0.201. The van der Waals surface area contributed by atoms with Crippen LogP contribution in [0.15, 0.2) is 36.4 Å². The molecule has 0 fully saturated rings. The number of aliphatic hydroxyl groups is 1. The molecule has 0 heterocycles. The zero-order valence-corrected chi connectivity index (χ0v) is 8.49. The maximum atomic E-state index is 9.61. The summed E-state index contributed by atoms with van der Waals surface area (Å²) in [6.45, 7) is 3.89. The Morgan fingerprint density at radius 2 is 1.64 bits per heavy atom. The van der Waals surface area contributed by atoms with Crippen LogP contribution >= 0.6 is 0 Å². The zero-order chi connectivity index (χ0) is 10.1. The first-order valence-corrected chi connectivity index (χ1v) is 4.86. The van der Waals surface area contributed by atoms with Crippen LogP contribution in [0.3, 0.4) is 0 Å². The van der Waals surface area contributed by atoms with E-state index in [2.05, 4.69) is 25.1 Å². The van der Waals surface area contributed by atoms with Crippen LogP contribution in [0, 0.1) is 6.92 Å². The average Bonchev–Trinajstić information content (AvgIpc) is 2.18. The molecule has 0 aromatic heterocycles. The molecule has 0 aliphatic rings. The number of hydrogen-bond donors (Lipinski definition) is 1. The lowest BCUT2D eigenvalue weighted by Gasteiger charge is -2.10. The maximum absolute atomic E-state index is 9.61. The fraction of sp³-hybridized carbons (Fsp3) is 0.231. The molecule has 2 aromatic carbocycles. The Hall–Kier alpha value is -1.34. The van der Waals surface area contributed by atoms with Crippen LogP contribution in [0.4, 0.5) is 0 Å². The van der Waals surface area contributed by atoms with Crippen LogP contribution in [-0.2, 0) is 0 Å². The maximum Gasteiger partial charge on any atom is 0.0767 e. The van der Waals surface area contributed by atoms with E-state index in [1.165, 1.54) is 10.9 Å². The third kappa shape index (κ3) is 1.40. The zero-order valence-electron chi connectivity index (χ0n) is 8.49. The molecule has 0 saturated heterocycles. The fourth-order valence-electron chi connectivity index (χ4n) is 1.84. The van der Waals surface area contributed by atoms with E-state index >= 15 is 0 Å². The first-order chi connectivity index (χ1) is 6.70. The van der Waals surface area contributed by atoms with Gasteiger partial charge in [0.2, 0.25) is 0 Å². The lowest BCUT2D eigenvalue weighted by Crippen LogP contribution is -1.93. The van der Waals surface area contributed by atoms with Gasteiger partial charge in [-0.3, -0.25) is 0 Å². The van der Waals surface area contributed by atoms with Gasteiger partial charge in [-0.15, -0.1) is 0 Å². The highest BCUT2D eigenvalue weighted by Gasteiger charge is 2.06. The molecule has 2 aromatic rings. The van der Waals surface area contributed by atoms with Crippen molar-refractivity contribution in [2.24, 2.45) is 0 Å². The predicted molar refractivity (Wildman–Crippen MR) is 59.3 cm³/mol. The smallest absolute Gasteiger partial charge is 0.0767 e. The molecule has 72 valence electrons. The summed E-state index contributed by atoms with van der Waals surface area (Å²) in [4.78, 5) is 0. The van der Waals surface area contributed by atoms with E-state index in [9.17, 15) is 5.11 Å². The minimum Gasteiger partial charge on any atom is -0.389 e. The second-order valence-corrected chi connectivity index (χ2v) is 3.69. The van der Waals surface area contributed by atoms with Gasteiger partial charge in [0, 0.05) is 0 Å². The van der Waals surface area contributed by atoms with Crippen molar-refractivity contribution in [3.8, 4) is 0 Å². The molecule has 0 bridgehead atoms. The van der Waals surface area contributed by atoms with Crippen molar-refractivity contribution in [3.63, 3.8) is 0 Å². The molecule has 0 spiro atoms. The quantitative estimate of drug-likeness (QED) is 0.725. The van der Waals surface area contributed by atoms with Crippen molar-refractivity contribution < 1.29 is 5.11 Å². The lowest BCUT2D eigenvalue weighted by atomic mass is 9.98. The van der Waals surface area contributed by atoms with Gasteiger partial charge in [-0.1, -0.05) is 36.4 Å². The van der Waals surface area contributed by atoms with Gasteiger partial charge in [-0.05, 0) is 35.7 Å². The molecule has 1 nitrogen and oxygen atoms in total. The van der Waals surface area contributed by atoms with Crippen molar-refractivity contribution in [2.75, 3.05) is 0 Å². The molecule has 0 saturated carbocycles. The number of fused-ring (bicyclic) bond motifs is 1. The standard InChI is InChI=1S/C13H14O/c1-9-7-8-12(10(2)14)13-6-4-3-5-11(9)13/h3-8,10,14H,1-2H3/t10-/m0/s1. The van der Waals surface area contributed by atoms with Crippen LogP contribution in [0.25, 0.3) is 10.8 Å². The number of rotatable bonds is 1. The summed E-state index contributed by atoms with van der Waals surface area (Å²) in [5.41, 5.74) is 2.26. The molecule has 2 rings (SSSR count). The largest absolute Gasteiger partial charge is 0.389 e. The van der Waals surface area contributed by atoms with Crippen molar-refractivity contribution in [1.29, 1.82) is 0 Å². The third-order valence-corrected chi connectivity index (χ3v) is 2.63. The molecular formula is C13H14O. The van der Waals surface area contributed by atoms with Crippen molar-refractivity contribution in [3.05, 3.63) is 47.5 Å². The van der Waals surface area contributed by atoms with E-state index in [0.717, 1.165) is 10.9 Å². The van der Waals surface area contributed by atoms with Crippen LogP contribution < -0.4 is 0 Å². The van der Waals surface area contributed by atoms with Crippen LogP contribution in [0.2, 0.25) is 0 Å². The molecule has 0 unspecified atom stereocenters. The highest BCUT2D eigenvalue weighted by molar-refractivity contribution is 5.88. The molecule has 1 heteroatoms. The van der Waals surface area contributed by atoms with Gasteiger partial charge in [0.05, 0.1) is 6.10 Å². The Bertz CT molecular complexity index is 458. The normalized spacial score (nSPS) is 13.1. The van der Waals surface area contributed by atoms with Gasteiger partial charge in [0.15, 0.2) is 0 Å². The highest BCUT2D eigenvalue weighted by Crippen LogP contribution is 2.26. The minimum absolute atomic E-state index is 0.402. The van der Waals surface area contributed by atoms with E-state index in [1.54, 1.807) is 6.92 Å². The number of benzene rings is 2. The monoisotopic (exact) mass is 186 g/mol.